The lowest BCUT2D eigenvalue weighted by Crippen LogP contribution is -2.25. The van der Waals surface area contributed by atoms with Gasteiger partial charge in [0.25, 0.3) is 0 Å². The van der Waals surface area contributed by atoms with Gasteiger partial charge in [-0.2, -0.15) is 0 Å². The van der Waals surface area contributed by atoms with Crippen molar-refractivity contribution in [3.05, 3.63) is 0 Å². The van der Waals surface area contributed by atoms with Crippen LogP contribution in [0.1, 0.15) is 20.8 Å². The van der Waals surface area contributed by atoms with Crippen LogP contribution < -0.4 is 0 Å². The van der Waals surface area contributed by atoms with Gasteiger partial charge in [-0.15, -0.1) is 0 Å². The van der Waals surface area contributed by atoms with E-state index in [0.717, 1.165) is 0 Å². The molecule has 0 fully saturated rings. The summed E-state index contributed by atoms with van der Waals surface area (Å²) in [6, 6.07) is 0. The summed E-state index contributed by atoms with van der Waals surface area (Å²) < 4.78 is 0. The predicted molar refractivity (Wildman–Crippen MR) is 39.7 cm³/mol. The Kier molecular flexibility index (Phi) is 2.32. The topological polar surface area (TPSA) is 37.3 Å². The first-order valence-electron chi connectivity index (χ1n) is 2.63. The van der Waals surface area contributed by atoms with Crippen molar-refractivity contribution in [3.8, 4) is 0 Å². The van der Waals surface area contributed by atoms with E-state index in [1.807, 2.05) is 0 Å². The van der Waals surface area contributed by atoms with E-state index in [4.69, 9.17) is 5.11 Å². The van der Waals surface area contributed by atoms with E-state index < -0.39 is 5.97 Å². The van der Waals surface area contributed by atoms with Crippen LogP contribution >= 0.6 is 12.2 Å². The van der Waals surface area contributed by atoms with Gasteiger partial charge in [-0.1, -0.05) is 33.0 Å². The maximum Gasteiger partial charge on any atom is 0.343 e. The molecule has 9 heavy (non-hydrogen) atoms. The highest BCUT2D eigenvalue weighted by molar-refractivity contribution is 7.82. The maximum atomic E-state index is 10.2. The smallest absolute Gasteiger partial charge is 0.343 e. The van der Waals surface area contributed by atoms with Crippen molar-refractivity contribution in [2.75, 3.05) is 0 Å². The van der Waals surface area contributed by atoms with Crippen molar-refractivity contribution in [2.45, 2.75) is 20.8 Å². The summed E-state index contributed by atoms with van der Waals surface area (Å²) in [6.07, 6.45) is 0. The van der Waals surface area contributed by atoms with Crippen molar-refractivity contribution in [2.24, 2.45) is 5.41 Å². The minimum absolute atomic E-state index is 0.0856. The van der Waals surface area contributed by atoms with Crippen LogP contribution in [0.4, 0.5) is 0 Å². The number of aliphatic carboxylic acids is 1. The van der Waals surface area contributed by atoms with Crippen LogP contribution in [0.3, 0.4) is 0 Å². The minimum atomic E-state index is -0.988. The molecular weight excluding hydrogens is 136 g/mol. The van der Waals surface area contributed by atoms with Gasteiger partial charge in [0.05, 0.1) is 0 Å². The third-order valence-corrected chi connectivity index (χ3v) is 1.66. The first kappa shape index (κ1) is 8.56. The highest BCUT2D eigenvalue weighted by Gasteiger charge is 2.22. The molecule has 0 saturated heterocycles. The lowest BCUT2D eigenvalue weighted by molar-refractivity contribution is -0.129. The molecular formula is C6H10O2S. The summed E-state index contributed by atoms with van der Waals surface area (Å²) in [5.74, 6) is -0.988. The molecule has 0 aliphatic heterocycles. The Labute approximate surface area is 59.9 Å². The highest BCUT2D eigenvalue weighted by Crippen LogP contribution is 2.15. The zero-order valence-corrected chi connectivity index (χ0v) is 6.58. The van der Waals surface area contributed by atoms with Crippen LogP contribution in [0.25, 0.3) is 0 Å². The van der Waals surface area contributed by atoms with Gasteiger partial charge in [-0.25, -0.2) is 4.79 Å². The fraction of sp³-hybridized carbons (Fsp3) is 0.667. The third kappa shape index (κ3) is 2.56. The number of carbonyl (C=O) groups is 1. The molecule has 0 aliphatic rings. The second kappa shape index (κ2) is 2.43. The highest BCUT2D eigenvalue weighted by atomic mass is 32.1. The lowest BCUT2D eigenvalue weighted by atomic mass is 9.92. The van der Waals surface area contributed by atoms with E-state index in [1.54, 1.807) is 20.8 Å². The SMILES string of the molecule is CC(C)(C)C(=S)C(=O)O. The Morgan fingerprint density at radius 2 is 1.78 bits per heavy atom. The average Bonchev–Trinajstić information content (AvgIpc) is 1.62. The quantitative estimate of drug-likeness (QED) is 0.569. The monoisotopic (exact) mass is 146 g/mol. The second-order valence-electron chi connectivity index (χ2n) is 2.88. The summed E-state index contributed by atoms with van der Waals surface area (Å²) in [4.78, 5) is 10.3. The van der Waals surface area contributed by atoms with Gasteiger partial charge in [0.2, 0.25) is 0 Å². The number of carboxylic acid groups (broad SMARTS) is 1. The summed E-state index contributed by atoms with van der Waals surface area (Å²) in [7, 11) is 0. The van der Waals surface area contributed by atoms with E-state index in [9.17, 15) is 4.79 Å². The molecule has 0 aromatic heterocycles. The standard InChI is InChI=1S/C6H10O2S/c1-6(2,3)4(9)5(7)8/h1-3H3,(H,7,8). The molecule has 0 unspecified atom stereocenters. The number of hydrogen-bond acceptors (Lipinski definition) is 2. The third-order valence-electron chi connectivity index (χ3n) is 0.875. The van der Waals surface area contributed by atoms with Crippen molar-refractivity contribution in [3.63, 3.8) is 0 Å². The summed E-state index contributed by atoms with van der Waals surface area (Å²) >= 11 is 4.62. The maximum absolute atomic E-state index is 10.2. The largest absolute Gasteiger partial charge is 0.477 e. The van der Waals surface area contributed by atoms with Crippen LogP contribution in [-0.4, -0.2) is 15.9 Å². The van der Waals surface area contributed by atoms with Gasteiger partial charge in [0, 0.05) is 5.41 Å². The van der Waals surface area contributed by atoms with Crippen molar-refractivity contribution in [1.29, 1.82) is 0 Å². The number of hydrogen-bond donors (Lipinski definition) is 1. The van der Waals surface area contributed by atoms with E-state index in [-0.39, 0.29) is 10.3 Å². The van der Waals surface area contributed by atoms with Crippen LogP contribution in [0, 0.1) is 5.41 Å². The van der Waals surface area contributed by atoms with Gasteiger partial charge >= 0.3 is 5.97 Å². The normalized spacial score (nSPS) is 11.0. The molecule has 0 spiro atoms. The van der Waals surface area contributed by atoms with Gasteiger partial charge in [0.1, 0.15) is 4.86 Å². The summed E-state index contributed by atoms with van der Waals surface area (Å²) in [5.41, 5.74) is -0.388. The Balaban J connectivity index is 4.23. The Hall–Kier alpha value is -0.440. The molecule has 0 aromatic carbocycles. The summed E-state index contributed by atoms with van der Waals surface area (Å²) in [6.45, 7) is 5.34. The number of rotatable bonds is 1. The average molecular weight is 146 g/mol. The molecule has 0 radical (unpaired) electrons. The van der Waals surface area contributed by atoms with Crippen LogP contribution in [0.15, 0.2) is 0 Å². The van der Waals surface area contributed by atoms with Gasteiger partial charge in [-0.3, -0.25) is 0 Å². The lowest BCUT2D eigenvalue weighted by Gasteiger charge is -2.15. The first-order chi connectivity index (χ1) is 3.85. The molecule has 0 aromatic rings. The number of carboxylic acids is 1. The zero-order chi connectivity index (χ0) is 7.65. The van der Waals surface area contributed by atoms with Crippen molar-refractivity contribution < 1.29 is 9.90 Å². The fourth-order valence-corrected chi connectivity index (χ4v) is 0.321. The number of thiocarbonyl (C=S) groups is 1. The Morgan fingerprint density at radius 1 is 1.44 bits per heavy atom. The van der Waals surface area contributed by atoms with E-state index in [0.29, 0.717) is 0 Å². The second-order valence-corrected chi connectivity index (χ2v) is 3.29. The van der Waals surface area contributed by atoms with E-state index in [2.05, 4.69) is 12.2 Å². The van der Waals surface area contributed by atoms with Gasteiger partial charge in [-0.05, 0) is 0 Å². The first-order valence-corrected chi connectivity index (χ1v) is 3.04. The van der Waals surface area contributed by atoms with Crippen LogP contribution in [-0.2, 0) is 4.79 Å². The van der Waals surface area contributed by atoms with Gasteiger partial charge < -0.3 is 5.11 Å². The molecule has 52 valence electrons. The molecule has 0 bridgehead atoms. The molecule has 0 amide bonds. The molecule has 0 aliphatic carbocycles. The minimum Gasteiger partial charge on any atom is -0.477 e. The van der Waals surface area contributed by atoms with Crippen molar-refractivity contribution in [1.82, 2.24) is 0 Å². The van der Waals surface area contributed by atoms with E-state index >= 15 is 0 Å². The Morgan fingerprint density at radius 3 is 1.78 bits per heavy atom. The van der Waals surface area contributed by atoms with Crippen molar-refractivity contribution >= 4 is 23.1 Å². The molecule has 2 nitrogen and oxygen atoms in total. The summed E-state index contributed by atoms with van der Waals surface area (Å²) in [5, 5.41) is 8.38. The fourth-order valence-electron chi connectivity index (χ4n) is 0.321. The molecule has 1 N–H and O–H groups in total. The van der Waals surface area contributed by atoms with E-state index in [1.165, 1.54) is 0 Å². The Bertz CT molecular complexity index is 144. The molecule has 3 heteroatoms. The predicted octanol–water partition coefficient (Wildman–Crippen LogP) is 1.49. The molecule has 0 saturated carbocycles. The van der Waals surface area contributed by atoms with Gasteiger partial charge in [0.15, 0.2) is 0 Å². The van der Waals surface area contributed by atoms with Crippen LogP contribution in [0.2, 0.25) is 0 Å². The molecule has 0 rings (SSSR count). The van der Waals surface area contributed by atoms with Crippen LogP contribution in [0.5, 0.6) is 0 Å². The molecule has 0 heterocycles. The zero-order valence-electron chi connectivity index (χ0n) is 5.76. The molecule has 0 atom stereocenters.